The molecule has 0 bridgehead atoms. The third-order valence-corrected chi connectivity index (χ3v) is 6.63. The SMILES string of the molecule is FC(F)(F)c1cncc(-c2ccc3ncnc(N[C@H]4CC[C@H](N5CCOCC5)CC4)c3c2)c1. The molecule has 174 valence electrons. The van der Waals surface area contributed by atoms with Gasteiger partial charge in [-0.1, -0.05) is 6.07 Å². The molecular formula is C24H26F3N5O. The first-order chi connectivity index (χ1) is 16.0. The predicted octanol–water partition coefficient (Wildman–Crippen LogP) is 4.77. The van der Waals surface area contributed by atoms with Gasteiger partial charge in [0.2, 0.25) is 0 Å². The fourth-order valence-electron chi connectivity index (χ4n) is 4.83. The smallest absolute Gasteiger partial charge is 0.379 e. The van der Waals surface area contributed by atoms with Gasteiger partial charge in [-0.15, -0.1) is 0 Å². The van der Waals surface area contributed by atoms with Gasteiger partial charge in [0.1, 0.15) is 12.1 Å². The molecule has 3 aromatic rings. The van der Waals surface area contributed by atoms with E-state index in [0.29, 0.717) is 23.2 Å². The molecule has 33 heavy (non-hydrogen) atoms. The Hall–Kier alpha value is -2.78. The highest BCUT2D eigenvalue weighted by molar-refractivity contribution is 5.92. The van der Waals surface area contributed by atoms with Gasteiger partial charge in [0.15, 0.2) is 0 Å². The standard InChI is InChI=1S/C24H26F3N5O/c25-24(26,27)18-11-17(13-28-14-18)16-1-6-22-21(12-16)23(30-15-29-22)31-19-2-4-20(5-3-19)32-7-9-33-10-8-32/h1,6,11-15,19-20H,2-5,7-10H2,(H,29,30,31)/t19-,20-. The van der Waals surface area contributed by atoms with Crippen LogP contribution in [-0.4, -0.2) is 58.2 Å². The Morgan fingerprint density at radius 1 is 0.939 bits per heavy atom. The Morgan fingerprint density at radius 3 is 2.48 bits per heavy atom. The van der Waals surface area contributed by atoms with Gasteiger partial charge in [0.25, 0.3) is 0 Å². The Bertz CT molecular complexity index is 1110. The maximum atomic E-state index is 13.1. The molecule has 3 heterocycles. The second-order valence-electron chi connectivity index (χ2n) is 8.71. The summed E-state index contributed by atoms with van der Waals surface area (Å²) >= 11 is 0. The van der Waals surface area contributed by atoms with Crippen LogP contribution in [0.25, 0.3) is 22.0 Å². The lowest BCUT2D eigenvalue weighted by Crippen LogP contribution is -2.46. The molecule has 2 aromatic heterocycles. The summed E-state index contributed by atoms with van der Waals surface area (Å²) in [7, 11) is 0. The van der Waals surface area contributed by atoms with Crippen molar-refractivity contribution in [3.05, 3.63) is 48.5 Å². The number of alkyl halides is 3. The highest BCUT2D eigenvalue weighted by Gasteiger charge is 2.31. The van der Waals surface area contributed by atoms with Crippen molar-refractivity contribution in [3.63, 3.8) is 0 Å². The van der Waals surface area contributed by atoms with E-state index < -0.39 is 11.7 Å². The molecule has 1 N–H and O–H groups in total. The van der Waals surface area contributed by atoms with Crippen LogP contribution in [0.2, 0.25) is 0 Å². The summed E-state index contributed by atoms with van der Waals surface area (Å²) in [6.45, 7) is 3.64. The molecule has 2 fully saturated rings. The molecule has 6 nitrogen and oxygen atoms in total. The highest BCUT2D eigenvalue weighted by atomic mass is 19.4. The summed E-state index contributed by atoms with van der Waals surface area (Å²) < 4.78 is 44.9. The molecule has 0 unspecified atom stereocenters. The van der Waals surface area contributed by atoms with E-state index in [1.54, 1.807) is 6.07 Å². The third kappa shape index (κ3) is 4.94. The number of halogens is 3. The van der Waals surface area contributed by atoms with Crippen LogP contribution in [0.4, 0.5) is 19.0 Å². The second-order valence-corrected chi connectivity index (χ2v) is 8.71. The molecule has 1 aromatic carbocycles. The summed E-state index contributed by atoms with van der Waals surface area (Å²) in [5, 5.41) is 4.37. The van der Waals surface area contributed by atoms with Crippen LogP contribution in [0.5, 0.6) is 0 Å². The quantitative estimate of drug-likeness (QED) is 0.609. The number of rotatable bonds is 4. The molecule has 0 radical (unpaired) electrons. The Kier molecular flexibility index (Phi) is 6.16. The zero-order valence-corrected chi connectivity index (χ0v) is 18.2. The van der Waals surface area contributed by atoms with Gasteiger partial charge >= 0.3 is 6.18 Å². The number of fused-ring (bicyclic) bond motifs is 1. The topological polar surface area (TPSA) is 63.2 Å². The van der Waals surface area contributed by atoms with E-state index in [2.05, 4.69) is 25.2 Å². The average Bonchev–Trinajstić information content (AvgIpc) is 2.85. The zero-order chi connectivity index (χ0) is 22.8. The molecule has 1 aliphatic carbocycles. The number of morpholine rings is 1. The first kappa shape index (κ1) is 22.0. The summed E-state index contributed by atoms with van der Waals surface area (Å²) in [4.78, 5) is 15.1. The minimum Gasteiger partial charge on any atom is -0.379 e. The Morgan fingerprint density at radius 2 is 1.73 bits per heavy atom. The molecule has 1 saturated heterocycles. The van der Waals surface area contributed by atoms with Crippen LogP contribution >= 0.6 is 0 Å². The molecule has 2 aliphatic rings. The number of pyridine rings is 1. The van der Waals surface area contributed by atoms with E-state index in [4.69, 9.17) is 4.74 Å². The van der Waals surface area contributed by atoms with Crippen LogP contribution in [-0.2, 0) is 10.9 Å². The number of anilines is 1. The second kappa shape index (κ2) is 9.23. The van der Waals surface area contributed by atoms with Crippen LogP contribution in [0, 0.1) is 0 Å². The predicted molar refractivity (Wildman–Crippen MR) is 120 cm³/mol. The monoisotopic (exact) mass is 457 g/mol. The maximum absolute atomic E-state index is 13.1. The molecule has 9 heteroatoms. The van der Waals surface area contributed by atoms with Crippen molar-refractivity contribution in [3.8, 4) is 11.1 Å². The van der Waals surface area contributed by atoms with E-state index >= 15 is 0 Å². The van der Waals surface area contributed by atoms with Crippen LogP contribution in [0.1, 0.15) is 31.2 Å². The average molecular weight is 458 g/mol. The largest absolute Gasteiger partial charge is 0.417 e. The number of nitrogens with zero attached hydrogens (tertiary/aromatic N) is 4. The molecular weight excluding hydrogens is 431 g/mol. The van der Waals surface area contributed by atoms with Gasteiger partial charge in [0, 0.05) is 48.5 Å². The summed E-state index contributed by atoms with van der Waals surface area (Å²) in [6.07, 6.45) is 3.72. The van der Waals surface area contributed by atoms with E-state index in [-0.39, 0.29) is 0 Å². The van der Waals surface area contributed by atoms with Crippen LogP contribution < -0.4 is 5.32 Å². The number of ether oxygens (including phenoxy) is 1. The lowest BCUT2D eigenvalue weighted by atomic mass is 9.90. The van der Waals surface area contributed by atoms with Gasteiger partial charge in [-0.05, 0) is 49.4 Å². The van der Waals surface area contributed by atoms with Gasteiger partial charge < -0.3 is 10.1 Å². The molecule has 5 rings (SSSR count). The minimum absolute atomic E-state index is 0.305. The van der Waals surface area contributed by atoms with Crippen molar-refractivity contribution in [2.24, 2.45) is 0 Å². The number of hydrogen-bond acceptors (Lipinski definition) is 6. The van der Waals surface area contributed by atoms with Crippen LogP contribution in [0.15, 0.2) is 43.0 Å². The van der Waals surface area contributed by atoms with E-state index in [0.717, 1.165) is 81.0 Å². The summed E-state index contributed by atoms with van der Waals surface area (Å²) in [5.74, 6) is 0.719. The molecule has 0 spiro atoms. The lowest BCUT2D eigenvalue weighted by Gasteiger charge is -2.39. The highest BCUT2D eigenvalue weighted by Crippen LogP contribution is 2.33. The molecule has 1 aliphatic heterocycles. The van der Waals surface area contributed by atoms with Gasteiger partial charge in [-0.3, -0.25) is 9.88 Å². The van der Waals surface area contributed by atoms with Crippen molar-refractivity contribution >= 4 is 16.7 Å². The van der Waals surface area contributed by atoms with Crippen molar-refractivity contribution in [2.75, 3.05) is 31.6 Å². The number of nitrogens with one attached hydrogen (secondary N) is 1. The van der Waals surface area contributed by atoms with Crippen LogP contribution in [0.3, 0.4) is 0 Å². The fraction of sp³-hybridized carbons (Fsp3) is 0.458. The van der Waals surface area contributed by atoms with Crippen molar-refractivity contribution in [1.29, 1.82) is 0 Å². The lowest BCUT2D eigenvalue weighted by molar-refractivity contribution is -0.137. The molecule has 0 atom stereocenters. The molecule has 0 amide bonds. The van der Waals surface area contributed by atoms with Crippen molar-refractivity contribution in [2.45, 2.75) is 43.9 Å². The maximum Gasteiger partial charge on any atom is 0.417 e. The first-order valence-electron chi connectivity index (χ1n) is 11.3. The van der Waals surface area contributed by atoms with E-state index in [9.17, 15) is 13.2 Å². The Balaban J connectivity index is 1.34. The Labute approximate surface area is 190 Å². The summed E-state index contributed by atoms with van der Waals surface area (Å²) in [5.41, 5.74) is 1.04. The van der Waals surface area contributed by atoms with Gasteiger partial charge in [-0.2, -0.15) is 13.2 Å². The summed E-state index contributed by atoms with van der Waals surface area (Å²) in [6, 6.07) is 7.46. The number of aromatic nitrogens is 3. The van der Waals surface area contributed by atoms with E-state index in [1.165, 1.54) is 12.5 Å². The number of hydrogen-bond donors (Lipinski definition) is 1. The van der Waals surface area contributed by atoms with Gasteiger partial charge in [0.05, 0.1) is 24.3 Å². The molecule has 1 saturated carbocycles. The van der Waals surface area contributed by atoms with E-state index in [1.807, 2.05) is 12.1 Å². The normalized spacial score (nSPS) is 22.4. The zero-order valence-electron chi connectivity index (χ0n) is 18.2. The third-order valence-electron chi connectivity index (χ3n) is 6.63. The fourth-order valence-corrected chi connectivity index (χ4v) is 4.83. The minimum atomic E-state index is -4.43. The van der Waals surface area contributed by atoms with Gasteiger partial charge in [-0.25, -0.2) is 9.97 Å². The van der Waals surface area contributed by atoms with Crippen molar-refractivity contribution < 1.29 is 17.9 Å². The first-order valence-corrected chi connectivity index (χ1v) is 11.3. The number of benzene rings is 1. The van der Waals surface area contributed by atoms with Crippen molar-refractivity contribution in [1.82, 2.24) is 19.9 Å².